The van der Waals surface area contributed by atoms with Crippen molar-refractivity contribution in [2.75, 3.05) is 19.7 Å². The van der Waals surface area contributed by atoms with Crippen molar-refractivity contribution >= 4 is 23.4 Å². The SMILES string of the molecule is CCOC(=O)c1csc(C2CCCN(C(=O)OC(C)(C)C)C2)n1. The number of aromatic nitrogens is 1. The monoisotopic (exact) mass is 340 g/mol. The van der Waals surface area contributed by atoms with Gasteiger partial charge in [0.2, 0.25) is 0 Å². The van der Waals surface area contributed by atoms with E-state index in [-0.39, 0.29) is 12.0 Å². The fourth-order valence-electron chi connectivity index (χ4n) is 2.44. The number of carbonyl (C=O) groups excluding carboxylic acids is 2. The second-order valence-electron chi connectivity index (χ2n) is 6.56. The number of esters is 1. The highest BCUT2D eigenvalue weighted by Gasteiger charge is 2.30. The fourth-order valence-corrected chi connectivity index (χ4v) is 3.36. The van der Waals surface area contributed by atoms with Crippen LogP contribution in [0, 0.1) is 0 Å². The Bertz CT molecular complexity index is 565. The maximum Gasteiger partial charge on any atom is 0.410 e. The molecule has 0 N–H and O–H groups in total. The minimum Gasteiger partial charge on any atom is -0.461 e. The van der Waals surface area contributed by atoms with Crippen molar-refractivity contribution in [3.63, 3.8) is 0 Å². The van der Waals surface area contributed by atoms with E-state index >= 15 is 0 Å². The Kier molecular flexibility index (Phi) is 5.62. The molecule has 1 saturated heterocycles. The standard InChI is InChI=1S/C16H24N2O4S/c1-5-21-14(19)12-10-23-13(17-12)11-7-6-8-18(9-11)15(20)22-16(2,3)4/h10-11H,5-9H2,1-4H3. The van der Waals surface area contributed by atoms with Gasteiger partial charge in [-0.15, -0.1) is 11.3 Å². The quantitative estimate of drug-likeness (QED) is 0.789. The summed E-state index contributed by atoms with van der Waals surface area (Å²) >= 11 is 1.45. The first-order chi connectivity index (χ1) is 10.8. The van der Waals surface area contributed by atoms with Gasteiger partial charge >= 0.3 is 12.1 Å². The summed E-state index contributed by atoms with van der Waals surface area (Å²) in [6.07, 6.45) is 1.57. The van der Waals surface area contributed by atoms with Crippen molar-refractivity contribution in [2.24, 2.45) is 0 Å². The summed E-state index contributed by atoms with van der Waals surface area (Å²) in [6, 6.07) is 0. The lowest BCUT2D eigenvalue weighted by molar-refractivity contribution is 0.0197. The van der Waals surface area contributed by atoms with E-state index in [1.807, 2.05) is 20.8 Å². The van der Waals surface area contributed by atoms with Crippen LogP contribution >= 0.6 is 11.3 Å². The zero-order chi connectivity index (χ0) is 17.0. The molecule has 6 nitrogen and oxygen atoms in total. The average Bonchev–Trinajstić information content (AvgIpc) is 2.96. The van der Waals surface area contributed by atoms with Gasteiger partial charge in [0.1, 0.15) is 5.60 Å². The first-order valence-corrected chi connectivity index (χ1v) is 8.78. The van der Waals surface area contributed by atoms with Crippen molar-refractivity contribution in [3.05, 3.63) is 16.1 Å². The van der Waals surface area contributed by atoms with Crippen molar-refractivity contribution in [1.82, 2.24) is 9.88 Å². The smallest absolute Gasteiger partial charge is 0.410 e. The van der Waals surface area contributed by atoms with Gasteiger partial charge in [-0.3, -0.25) is 0 Å². The van der Waals surface area contributed by atoms with Gasteiger partial charge in [-0.05, 0) is 40.5 Å². The van der Waals surface area contributed by atoms with E-state index < -0.39 is 11.6 Å². The maximum absolute atomic E-state index is 12.2. The lowest BCUT2D eigenvalue weighted by Crippen LogP contribution is -2.42. The third-order valence-electron chi connectivity index (χ3n) is 3.43. The van der Waals surface area contributed by atoms with Gasteiger partial charge in [0.25, 0.3) is 0 Å². The van der Waals surface area contributed by atoms with E-state index in [0.717, 1.165) is 17.8 Å². The van der Waals surface area contributed by atoms with Gasteiger partial charge in [0, 0.05) is 24.4 Å². The Morgan fingerprint density at radius 3 is 2.83 bits per heavy atom. The topological polar surface area (TPSA) is 68.7 Å². The molecule has 1 aromatic heterocycles. The molecule has 1 fully saturated rings. The molecule has 23 heavy (non-hydrogen) atoms. The summed E-state index contributed by atoms with van der Waals surface area (Å²) in [5, 5.41) is 2.60. The number of rotatable bonds is 3. The molecule has 2 rings (SSSR count). The number of hydrogen-bond donors (Lipinski definition) is 0. The van der Waals surface area contributed by atoms with Crippen molar-refractivity contribution < 1.29 is 19.1 Å². The van der Waals surface area contributed by atoms with Crippen LogP contribution in [-0.2, 0) is 9.47 Å². The highest BCUT2D eigenvalue weighted by Crippen LogP contribution is 2.30. The number of hydrogen-bond acceptors (Lipinski definition) is 6. The van der Waals surface area contributed by atoms with Crippen molar-refractivity contribution in [1.29, 1.82) is 0 Å². The second-order valence-corrected chi connectivity index (χ2v) is 7.45. The van der Waals surface area contributed by atoms with Gasteiger partial charge < -0.3 is 14.4 Å². The molecule has 1 aliphatic heterocycles. The summed E-state index contributed by atoms with van der Waals surface area (Å²) in [6.45, 7) is 8.95. The molecule has 0 aliphatic carbocycles. The zero-order valence-electron chi connectivity index (χ0n) is 14.1. The Labute approximate surface area is 140 Å². The summed E-state index contributed by atoms with van der Waals surface area (Å²) in [7, 11) is 0. The average molecular weight is 340 g/mol. The molecule has 0 saturated carbocycles. The van der Waals surface area contributed by atoms with Crippen LogP contribution in [0.5, 0.6) is 0 Å². The number of likely N-dealkylation sites (tertiary alicyclic amines) is 1. The molecular weight excluding hydrogens is 316 g/mol. The van der Waals surface area contributed by atoms with E-state index in [0.29, 0.717) is 25.4 Å². The van der Waals surface area contributed by atoms with E-state index in [1.54, 1.807) is 17.2 Å². The number of carbonyl (C=O) groups is 2. The van der Waals surface area contributed by atoms with Crippen molar-refractivity contribution in [2.45, 2.75) is 52.1 Å². The first-order valence-electron chi connectivity index (χ1n) is 7.90. The summed E-state index contributed by atoms with van der Waals surface area (Å²) in [5.74, 6) is -0.251. The van der Waals surface area contributed by atoms with Crippen LogP contribution in [0.15, 0.2) is 5.38 Å². The molecule has 0 radical (unpaired) electrons. The Morgan fingerprint density at radius 2 is 2.17 bits per heavy atom. The molecule has 0 bridgehead atoms. The maximum atomic E-state index is 12.2. The first kappa shape index (κ1) is 17.7. The number of piperidine rings is 1. The summed E-state index contributed by atoms with van der Waals surface area (Å²) in [5.41, 5.74) is -0.149. The van der Waals surface area contributed by atoms with Gasteiger partial charge in [-0.25, -0.2) is 14.6 Å². The molecule has 1 unspecified atom stereocenters. The number of nitrogens with zero attached hydrogens (tertiary/aromatic N) is 2. The van der Waals surface area contributed by atoms with E-state index in [9.17, 15) is 9.59 Å². The minimum absolute atomic E-state index is 0.143. The minimum atomic E-state index is -0.498. The molecule has 1 aromatic rings. The lowest BCUT2D eigenvalue weighted by atomic mass is 9.99. The molecule has 0 aromatic carbocycles. The predicted molar refractivity (Wildman–Crippen MR) is 87.9 cm³/mol. The molecule has 7 heteroatoms. The van der Waals surface area contributed by atoms with Crippen molar-refractivity contribution in [3.8, 4) is 0 Å². The number of amides is 1. The van der Waals surface area contributed by atoms with Crippen LogP contribution in [0.4, 0.5) is 4.79 Å². The van der Waals surface area contributed by atoms with Gasteiger partial charge in [0.05, 0.1) is 11.6 Å². The summed E-state index contributed by atoms with van der Waals surface area (Å²) in [4.78, 5) is 30.0. The molecule has 1 amide bonds. The van der Waals surface area contributed by atoms with E-state index in [4.69, 9.17) is 9.47 Å². The molecule has 0 spiro atoms. The van der Waals surface area contributed by atoms with Crippen LogP contribution in [-0.4, -0.2) is 47.2 Å². The van der Waals surface area contributed by atoms with E-state index in [2.05, 4.69) is 4.98 Å². The van der Waals surface area contributed by atoms with Crippen LogP contribution in [0.3, 0.4) is 0 Å². The van der Waals surface area contributed by atoms with Gasteiger partial charge in [0.15, 0.2) is 5.69 Å². The molecular formula is C16H24N2O4S. The fraction of sp³-hybridized carbons (Fsp3) is 0.688. The second kappa shape index (κ2) is 7.29. The van der Waals surface area contributed by atoms with Crippen LogP contribution in [0.1, 0.15) is 62.0 Å². The third kappa shape index (κ3) is 4.92. The number of thiazole rings is 1. The molecule has 2 heterocycles. The Hall–Kier alpha value is -1.63. The van der Waals surface area contributed by atoms with Crippen LogP contribution in [0.2, 0.25) is 0 Å². The Morgan fingerprint density at radius 1 is 1.43 bits per heavy atom. The highest BCUT2D eigenvalue weighted by atomic mass is 32.1. The number of ether oxygens (including phenoxy) is 2. The highest BCUT2D eigenvalue weighted by molar-refractivity contribution is 7.09. The largest absolute Gasteiger partial charge is 0.461 e. The van der Waals surface area contributed by atoms with Gasteiger partial charge in [-0.2, -0.15) is 0 Å². The summed E-state index contributed by atoms with van der Waals surface area (Å²) < 4.78 is 10.4. The van der Waals surface area contributed by atoms with Crippen LogP contribution < -0.4 is 0 Å². The molecule has 1 aliphatic rings. The third-order valence-corrected chi connectivity index (χ3v) is 4.44. The zero-order valence-corrected chi connectivity index (χ0v) is 14.9. The van der Waals surface area contributed by atoms with E-state index in [1.165, 1.54) is 11.3 Å². The Balaban J connectivity index is 2.01. The lowest BCUT2D eigenvalue weighted by Gasteiger charge is -2.33. The van der Waals surface area contributed by atoms with Crippen LogP contribution in [0.25, 0.3) is 0 Å². The molecule has 128 valence electrons. The normalized spacial score (nSPS) is 18.6. The molecule has 1 atom stereocenters. The predicted octanol–water partition coefficient (Wildman–Crippen LogP) is 3.43. The van der Waals surface area contributed by atoms with Gasteiger partial charge in [-0.1, -0.05) is 0 Å².